The highest BCUT2D eigenvalue weighted by atomic mass is 35.5. The van der Waals surface area contributed by atoms with Crippen LogP contribution < -0.4 is 0 Å². The predicted octanol–water partition coefficient (Wildman–Crippen LogP) is 0.889. The number of ether oxygens (including phenoxy) is 1. The molecule has 0 aromatic heterocycles. The van der Waals surface area contributed by atoms with Crippen LogP contribution in [-0.2, 0) is 14.3 Å². The van der Waals surface area contributed by atoms with E-state index in [4.69, 9.17) is 11.6 Å². The number of hydrogen-bond acceptors (Lipinski definition) is 4. The summed E-state index contributed by atoms with van der Waals surface area (Å²) in [5, 5.41) is 9.28. The summed E-state index contributed by atoms with van der Waals surface area (Å²) in [4.78, 5) is 21.9. The standard InChI is InChI=1S/C9H15ClO4/c1-2-14-9(13)6-8(12)5-7(11)3-4-10/h8,12H,2-6H2,1H3/t8-/m1/s1. The topological polar surface area (TPSA) is 63.6 Å². The number of halogens is 1. The zero-order chi connectivity index (χ0) is 11.0. The van der Waals surface area contributed by atoms with E-state index in [0.717, 1.165) is 0 Å². The molecular weight excluding hydrogens is 208 g/mol. The molecule has 0 fully saturated rings. The van der Waals surface area contributed by atoms with E-state index in [9.17, 15) is 14.7 Å². The second-order valence-electron chi connectivity index (χ2n) is 2.84. The van der Waals surface area contributed by atoms with E-state index in [-0.39, 0.29) is 37.5 Å². The third kappa shape index (κ3) is 6.86. The Bertz CT molecular complexity index is 173. The maximum Gasteiger partial charge on any atom is 0.308 e. The molecule has 82 valence electrons. The minimum absolute atomic E-state index is 0.0362. The summed E-state index contributed by atoms with van der Waals surface area (Å²) in [7, 11) is 0. The van der Waals surface area contributed by atoms with Crippen molar-refractivity contribution in [2.24, 2.45) is 0 Å². The van der Waals surface area contributed by atoms with E-state index in [2.05, 4.69) is 4.74 Å². The number of Topliss-reactive ketones (excluding diaryl/α,β-unsaturated/α-hetero) is 1. The molecule has 0 saturated carbocycles. The lowest BCUT2D eigenvalue weighted by atomic mass is 10.1. The van der Waals surface area contributed by atoms with Gasteiger partial charge >= 0.3 is 5.97 Å². The monoisotopic (exact) mass is 222 g/mol. The molecule has 0 aromatic carbocycles. The number of aliphatic hydroxyl groups excluding tert-OH is 1. The van der Waals surface area contributed by atoms with Crippen molar-refractivity contribution in [2.75, 3.05) is 12.5 Å². The van der Waals surface area contributed by atoms with Crippen molar-refractivity contribution in [3.8, 4) is 0 Å². The van der Waals surface area contributed by atoms with E-state index < -0.39 is 12.1 Å². The Balaban J connectivity index is 3.68. The van der Waals surface area contributed by atoms with Gasteiger partial charge in [0.25, 0.3) is 0 Å². The summed E-state index contributed by atoms with van der Waals surface area (Å²) in [6, 6.07) is 0. The van der Waals surface area contributed by atoms with Crippen molar-refractivity contribution in [1.29, 1.82) is 0 Å². The largest absolute Gasteiger partial charge is 0.466 e. The Hall–Kier alpha value is -0.610. The molecule has 0 radical (unpaired) electrons. The first-order chi connectivity index (χ1) is 6.60. The third-order valence-corrected chi connectivity index (χ3v) is 1.73. The molecule has 5 heteroatoms. The Morgan fingerprint density at radius 1 is 1.43 bits per heavy atom. The normalized spacial score (nSPS) is 12.2. The summed E-state index contributed by atoms with van der Waals surface area (Å²) >= 11 is 5.34. The molecule has 0 aliphatic carbocycles. The highest BCUT2D eigenvalue weighted by molar-refractivity contribution is 6.19. The molecule has 0 saturated heterocycles. The van der Waals surface area contributed by atoms with Crippen LogP contribution >= 0.6 is 11.6 Å². The quantitative estimate of drug-likeness (QED) is 0.513. The molecule has 14 heavy (non-hydrogen) atoms. The first kappa shape index (κ1) is 13.4. The lowest BCUT2D eigenvalue weighted by Gasteiger charge is -2.08. The Morgan fingerprint density at radius 2 is 2.07 bits per heavy atom. The number of esters is 1. The lowest BCUT2D eigenvalue weighted by Crippen LogP contribution is -2.19. The Kier molecular flexibility index (Phi) is 7.42. The maximum atomic E-state index is 11.0. The second-order valence-corrected chi connectivity index (χ2v) is 3.22. The SMILES string of the molecule is CCOC(=O)C[C@H](O)CC(=O)CCCl. The number of alkyl halides is 1. The average molecular weight is 223 g/mol. The number of aliphatic hydroxyl groups is 1. The van der Waals surface area contributed by atoms with Gasteiger partial charge in [-0.1, -0.05) is 0 Å². The third-order valence-electron chi connectivity index (χ3n) is 1.54. The van der Waals surface area contributed by atoms with Gasteiger partial charge in [0.2, 0.25) is 0 Å². The van der Waals surface area contributed by atoms with Crippen LogP contribution in [0.2, 0.25) is 0 Å². The van der Waals surface area contributed by atoms with Crippen molar-refractivity contribution < 1.29 is 19.4 Å². The van der Waals surface area contributed by atoms with E-state index in [1.807, 2.05) is 0 Å². The van der Waals surface area contributed by atoms with Crippen LogP contribution in [0.3, 0.4) is 0 Å². The van der Waals surface area contributed by atoms with Gasteiger partial charge in [-0.3, -0.25) is 9.59 Å². The summed E-state index contributed by atoms with van der Waals surface area (Å²) in [5.74, 6) is -0.388. The number of carbonyl (C=O) groups is 2. The van der Waals surface area contributed by atoms with Crippen LogP contribution in [0.1, 0.15) is 26.2 Å². The molecule has 0 heterocycles. The Labute approximate surface area is 88.2 Å². The molecular formula is C9H15ClO4. The molecule has 0 aromatic rings. The molecule has 0 aliphatic rings. The highest BCUT2D eigenvalue weighted by Gasteiger charge is 2.14. The van der Waals surface area contributed by atoms with E-state index in [0.29, 0.717) is 0 Å². The van der Waals surface area contributed by atoms with Gasteiger partial charge in [-0.15, -0.1) is 11.6 Å². The second kappa shape index (κ2) is 7.76. The molecule has 0 bridgehead atoms. The molecule has 1 N–H and O–H groups in total. The van der Waals surface area contributed by atoms with Gasteiger partial charge in [0.05, 0.1) is 19.1 Å². The van der Waals surface area contributed by atoms with E-state index in [1.165, 1.54) is 0 Å². The van der Waals surface area contributed by atoms with Gasteiger partial charge < -0.3 is 9.84 Å². The fourth-order valence-electron chi connectivity index (χ4n) is 0.955. The summed E-state index contributed by atoms with van der Waals surface area (Å²) in [6.07, 6.45) is -0.903. The minimum Gasteiger partial charge on any atom is -0.466 e. The van der Waals surface area contributed by atoms with Gasteiger partial charge in [-0.25, -0.2) is 0 Å². The molecule has 0 spiro atoms. The van der Waals surface area contributed by atoms with Crippen LogP contribution in [0.15, 0.2) is 0 Å². The molecule has 0 aliphatic heterocycles. The molecule has 0 unspecified atom stereocenters. The Morgan fingerprint density at radius 3 is 2.57 bits per heavy atom. The van der Waals surface area contributed by atoms with Crippen LogP contribution in [0.25, 0.3) is 0 Å². The van der Waals surface area contributed by atoms with Gasteiger partial charge in [0, 0.05) is 18.7 Å². The number of hydrogen-bond donors (Lipinski definition) is 1. The average Bonchev–Trinajstić information content (AvgIpc) is 2.03. The molecule has 0 amide bonds. The van der Waals surface area contributed by atoms with E-state index in [1.54, 1.807) is 6.92 Å². The van der Waals surface area contributed by atoms with Crippen LogP contribution in [0, 0.1) is 0 Å². The predicted molar refractivity (Wildman–Crippen MR) is 52.2 cm³/mol. The number of rotatable bonds is 7. The minimum atomic E-state index is -0.954. The van der Waals surface area contributed by atoms with Gasteiger partial charge in [0.15, 0.2) is 0 Å². The van der Waals surface area contributed by atoms with Crippen LogP contribution in [-0.4, -0.2) is 35.4 Å². The first-order valence-corrected chi connectivity index (χ1v) is 5.05. The van der Waals surface area contributed by atoms with Crippen molar-refractivity contribution in [3.05, 3.63) is 0 Å². The molecule has 4 nitrogen and oxygen atoms in total. The fourth-order valence-corrected chi connectivity index (χ4v) is 1.17. The van der Waals surface area contributed by atoms with Crippen molar-refractivity contribution in [1.82, 2.24) is 0 Å². The summed E-state index contributed by atoms with van der Waals surface area (Å²) in [5.41, 5.74) is 0. The van der Waals surface area contributed by atoms with Gasteiger partial charge in [-0.05, 0) is 6.92 Å². The van der Waals surface area contributed by atoms with Gasteiger partial charge in [0.1, 0.15) is 5.78 Å². The van der Waals surface area contributed by atoms with Crippen molar-refractivity contribution in [2.45, 2.75) is 32.3 Å². The summed E-state index contributed by atoms with van der Waals surface area (Å²) < 4.78 is 4.62. The van der Waals surface area contributed by atoms with Crippen molar-refractivity contribution >= 4 is 23.4 Å². The molecule has 0 rings (SSSR count). The van der Waals surface area contributed by atoms with Crippen LogP contribution in [0.5, 0.6) is 0 Å². The van der Waals surface area contributed by atoms with E-state index >= 15 is 0 Å². The van der Waals surface area contributed by atoms with Gasteiger partial charge in [-0.2, -0.15) is 0 Å². The zero-order valence-electron chi connectivity index (χ0n) is 8.16. The number of ketones is 1. The summed E-state index contributed by atoms with van der Waals surface area (Å²) in [6.45, 7) is 1.96. The smallest absolute Gasteiger partial charge is 0.308 e. The maximum absolute atomic E-state index is 11.0. The number of carbonyl (C=O) groups excluding carboxylic acids is 2. The van der Waals surface area contributed by atoms with Crippen molar-refractivity contribution in [3.63, 3.8) is 0 Å². The molecule has 1 atom stereocenters. The lowest BCUT2D eigenvalue weighted by molar-refractivity contribution is -0.145. The fraction of sp³-hybridized carbons (Fsp3) is 0.778. The zero-order valence-corrected chi connectivity index (χ0v) is 8.92. The first-order valence-electron chi connectivity index (χ1n) is 4.51. The highest BCUT2D eigenvalue weighted by Crippen LogP contribution is 2.03. The van der Waals surface area contributed by atoms with Crippen LogP contribution in [0.4, 0.5) is 0 Å².